The molecule has 256 valence electrons. The van der Waals surface area contributed by atoms with Gasteiger partial charge in [-0.3, -0.25) is 14.6 Å². The maximum atomic E-state index is 13.3. The van der Waals surface area contributed by atoms with Crippen molar-refractivity contribution in [1.29, 1.82) is 0 Å². The van der Waals surface area contributed by atoms with Crippen LogP contribution in [0.2, 0.25) is 5.02 Å². The van der Waals surface area contributed by atoms with Crippen molar-refractivity contribution in [2.75, 3.05) is 6.54 Å². The van der Waals surface area contributed by atoms with E-state index in [-0.39, 0.29) is 18.4 Å². The lowest BCUT2D eigenvalue weighted by atomic mass is 9.99. The van der Waals surface area contributed by atoms with Gasteiger partial charge in [0.25, 0.3) is 0 Å². The van der Waals surface area contributed by atoms with Crippen LogP contribution in [-0.4, -0.2) is 39.6 Å². The zero-order chi connectivity index (χ0) is 35.3. The summed E-state index contributed by atoms with van der Waals surface area (Å²) in [5.41, 5.74) is 12.5. The van der Waals surface area contributed by atoms with Crippen LogP contribution in [-0.2, 0) is 20.9 Å². The zero-order valence-corrected chi connectivity index (χ0v) is 30.3. The molecule has 0 radical (unpaired) electrons. The molecule has 0 fully saturated rings. The molecule has 0 amide bonds. The molecule has 11 nitrogen and oxygen atoms in total. The third-order valence-electron chi connectivity index (χ3n) is 8.13. The Kier molecular flexibility index (Phi) is 11.2. The van der Waals surface area contributed by atoms with E-state index >= 15 is 0 Å². The van der Waals surface area contributed by atoms with E-state index in [1.807, 2.05) is 68.8 Å². The highest BCUT2D eigenvalue weighted by molar-refractivity contribution is 7.14. The first-order valence-electron chi connectivity index (χ1n) is 16.3. The largest absolute Gasteiger partial charge is 0.460 e. The number of thiophene rings is 1. The number of fused-ring (bicyclic) bond motifs is 3. The molecule has 1 atom stereocenters. The number of carbonyl (C=O) groups is 2. The lowest BCUT2D eigenvalue weighted by Gasteiger charge is -2.20. The Balaban J connectivity index is 1.45. The predicted octanol–water partition coefficient (Wildman–Crippen LogP) is 8.25. The molecule has 2 aromatic carbocycles. The number of nitrogens with zero attached hydrogens (tertiary/aromatic N) is 7. The number of aromatic nitrogens is 3. The van der Waals surface area contributed by atoms with Crippen molar-refractivity contribution in [2.45, 2.75) is 91.8 Å². The van der Waals surface area contributed by atoms with Crippen LogP contribution in [0.5, 0.6) is 5.75 Å². The number of carbonyl (C=O) groups excluding carboxylic acids is 2. The lowest BCUT2D eigenvalue weighted by Crippen LogP contribution is -2.38. The Morgan fingerprint density at radius 3 is 2.43 bits per heavy atom. The Morgan fingerprint density at radius 2 is 1.76 bits per heavy atom. The van der Waals surface area contributed by atoms with Gasteiger partial charge in [-0.25, -0.2) is 0 Å². The fourth-order valence-corrected chi connectivity index (χ4v) is 7.00. The summed E-state index contributed by atoms with van der Waals surface area (Å²) in [5.74, 6) is 1.36. The van der Waals surface area contributed by atoms with Crippen molar-refractivity contribution in [1.82, 2.24) is 9.78 Å². The minimum Gasteiger partial charge on any atom is -0.460 e. The van der Waals surface area contributed by atoms with Crippen LogP contribution in [0, 0.1) is 20.8 Å². The topological polar surface area (TPSA) is 135 Å². The molecule has 0 N–H and O–H groups in total. The van der Waals surface area contributed by atoms with E-state index in [4.69, 9.17) is 36.7 Å². The molecule has 5 rings (SSSR count). The van der Waals surface area contributed by atoms with Gasteiger partial charge in [0.1, 0.15) is 17.9 Å². The molecule has 0 aliphatic carbocycles. The van der Waals surface area contributed by atoms with Gasteiger partial charge >= 0.3 is 17.8 Å². The SMILES string of the molecule is Cc1sc2c(c1C)C(c1ccc(Cl)cc1)=N[C@@H](CC(=O)OC(C)(C)C)c1nn(Cc3ccc(OC(=O)CCCCCN=[N+]=[N-])cc3)c(C)[n+]1-2. The number of benzene rings is 2. The highest BCUT2D eigenvalue weighted by atomic mass is 35.5. The summed E-state index contributed by atoms with van der Waals surface area (Å²) < 4.78 is 15.3. The van der Waals surface area contributed by atoms with Crippen molar-refractivity contribution in [2.24, 2.45) is 10.1 Å². The monoisotopic (exact) mass is 702 g/mol. The number of ether oxygens (including phenoxy) is 2. The minimum absolute atomic E-state index is 0.0195. The molecule has 2 aromatic heterocycles. The second-order valence-corrected chi connectivity index (χ2v) is 14.7. The molecular formula is C36H41ClN7O4S+. The second kappa shape index (κ2) is 15.4. The molecule has 0 spiro atoms. The van der Waals surface area contributed by atoms with Crippen LogP contribution in [0.3, 0.4) is 0 Å². The van der Waals surface area contributed by atoms with E-state index in [9.17, 15) is 9.59 Å². The average molecular weight is 703 g/mol. The van der Waals surface area contributed by atoms with Crippen molar-refractivity contribution in [3.63, 3.8) is 0 Å². The summed E-state index contributed by atoms with van der Waals surface area (Å²) >= 11 is 7.93. The number of unbranched alkanes of at least 4 members (excludes halogenated alkanes) is 2. The Bertz CT molecular complexity index is 1920. The van der Waals surface area contributed by atoms with Crippen LogP contribution in [0.1, 0.15) is 97.7 Å². The highest BCUT2D eigenvalue weighted by Crippen LogP contribution is 2.36. The third-order valence-corrected chi connectivity index (χ3v) is 9.57. The Hall–Kier alpha value is -4.51. The summed E-state index contributed by atoms with van der Waals surface area (Å²) in [6, 6.07) is 14.4. The van der Waals surface area contributed by atoms with E-state index in [1.54, 1.807) is 23.5 Å². The second-order valence-electron chi connectivity index (χ2n) is 13.0. The molecule has 0 bridgehead atoms. The highest BCUT2D eigenvalue weighted by Gasteiger charge is 2.39. The van der Waals surface area contributed by atoms with Gasteiger partial charge in [-0.2, -0.15) is 4.57 Å². The van der Waals surface area contributed by atoms with Gasteiger partial charge in [-0.05, 0) is 88.4 Å². The number of halogens is 1. The number of aryl methyl sites for hydroxylation is 1. The lowest BCUT2D eigenvalue weighted by molar-refractivity contribution is -0.609. The van der Waals surface area contributed by atoms with Gasteiger partial charge in [-0.1, -0.05) is 47.4 Å². The third kappa shape index (κ3) is 8.75. The fourth-order valence-electron chi connectivity index (χ4n) is 5.66. The summed E-state index contributed by atoms with van der Waals surface area (Å²) in [5, 5.41) is 10.2. The molecule has 0 saturated heterocycles. The summed E-state index contributed by atoms with van der Waals surface area (Å²) in [6.07, 6.45) is 2.52. The quantitative estimate of drug-likeness (QED) is 0.0279. The van der Waals surface area contributed by atoms with Crippen LogP contribution >= 0.6 is 22.9 Å². The number of hydrogen-bond acceptors (Lipinski definition) is 8. The molecule has 1 aliphatic heterocycles. The first-order valence-corrected chi connectivity index (χ1v) is 17.5. The van der Waals surface area contributed by atoms with Crippen molar-refractivity contribution >= 4 is 40.6 Å². The van der Waals surface area contributed by atoms with Crippen molar-refractivity contribution in [3.8, 4) is 10.8 Å². The summed E-state index contributed by atoms with van der Waals surface area (Å²) in [4.78, 5) is 34.8. The van der Waals surface area contributed by atoms with Crippen molar-refractivity contribution < 1.29 is 23.6 Å². The number of azide groups is 1. The maximum absolute atomic E-state index is 13.3. The summed E-state index contributed by atoms with van der Waals surface area (Å²) in [7, 11) is 0. The van der Waals surface area contributed by atoms with E-state index in [0.717, 1.165) is 51.6 Å². The Morgan fingerprint density at radius 1 is 1.04 bits per heavy atom. The van der Waals surface area contributed by atoms with E-state index in [1.165, 1.54) is 4.88 Å². The minimum atomic E-state index is -0.642. The zero-order valence-electron chi connectivity index (χ0n) is 28.7. The number of rotatable bonds is 12. The molecule has 4 aromatic rings. The van der Waals surface area contributed by atoms with Crippen LogP contribution in [0.4, 0.5) is 0 Å². The van der Waals surface area contributed by atoms with Crippen LogP contribution < -0.4 is 9.30 Å². The predicted molar refractivity (Wildman–Crippen MR) is 190 cm³/mol. The Labute approximate surface area is 295 Å². The number of aliphatic imine (C=N–C) groups is 1. The van der Waals surface area contributed by atoms with Gasteiger partial charge in [0.05, 0.1) is 17.7 Å². The van der Waals surface area contributed by atoms with Gasteiger partial charge in [0.2, 0.25) is 5.82 Å². The average Bonchev–Trinajstić information content (AvgIpc) is 3.47. The first kappa shape index (κ1) is 35.8. The van der Waals surface area contributed by atoms with E-state index in [2.05, 4.69) is 28.4 Å². The van der Waals surface area contributed by atoms with Crippen molar-refractivity contribution in [3.05, 3.63) is 103 Å². The van der Waals surface area contributed by atoms with Crippen LogP contribution in [0.15, 0.2) is 58.6 Å². The number of esters is 2. The van der Waals surface area contributed by atoms with Gasteiger partial charge < -0.3 is 9.47 Å². The maximum Gasteiger partial charge on any atom is 0.311 e. The standard InChI is InChI=1S/C36H41ClN7O4S/c1-22-23(2)49-35-32(22)33(26-13-15-27(37)16-14-26)40-29(20-31(46)48-36(4,5)6)34-41-43(24(3)44(34)35)21-25-11-17-28(18-12-25)47-30(45)10-8-7-9-19-39-42-38/h11-18,29H,7-10,19-21H2,1-6H3/q+1/t29-/m0/s1. The van der Waals surface area contributed by atoms with Gasteiger partial charge in [-0.15, -0.1) is 16.0 Å². The molecule has 0 unspecified atom stereocenters. The molecular weight excluding hydrogens is 662 g/mol. The number of hydrogen-bond donors (Lipinski definition) is 0. The molecule has 3 heterocycles. The van der Waals surface area contributed by atoms with E-state index in [0.29, 0.717) is 42.5 Å². The van der Waals surface area contributed by atoms with Crippen LogP contribution in [0.25, 0.3) is 15.4 Å². The molecule has 13 heteroatoms. The van der Waals surface area contributed by atoms with Gasteiger partial charge in [0, 0.05) is 45.4 Å². The molecule has 0 saturated carbocycles. The van der Waals surface area contributed by atoms with Gasteiger partial charge in [0.15, 0.2) is 11.0 Å². The van der Waals surface area contributed by atoms with E-state index < -0.39 is 11.6 Å². The fraction of sp³-hybridized carbons (Fsp3) is 0.417. The molecule has 1 aliphatic rings. The smallest absolute Gasteiger partial charge is 0.311 e. The molecule has 49 heavy (non-hydrogen) atoms. The first-order chi connectivity index (χ1) is 23.3. The normalized spacial score (nSPS) is 13.9. The summed E-state index contributed by atoms with van der Waals surface area (Å²) in [6.45, 7) is 12.7.